The van der Waals surface area contributed by atoms with Crippen LogP contribution in [0.15, 0.2) is 23.2 Å². The number of methoxy groups -OCH3 is 2. The Morgan fingerprint density at radius 3 is 2.52 bits per heavy atom. The second kappa shape index (κ2) is 11.5. The lowest BCUT2D eigenvalue weighted by molar-refractivity contribution is 0.181. The second-order valence-electron chi connectivity index (χ2n) is 6.60. The summed E-state index contributed by atoms with van der Waals surface area (Å²) in [6, 6.07) is 5.53. The molecular weight excluding hydrogens is 346 g/mol. The summed E-state index contributed by atoms with van der Waals surface area (Å²) in [7, 11) is 5.34. The topological polar surface area (TPSA) is 64.6 Å². The zero-order chi connectivity index (χ0) is 19.5. The molecule has 0 radical (unpaired) electrons. The van der Waals surface area contributed by atoms with Crippen molar-refractivity contribution in [3.8, 4) is 17.2 Å². The molecule has 7 nitrogen and oxygen atoms in total. The third-order valence-electron chi connectivity index (χ3n) is 4.41. The number of nitrogens with one attached hydrogen (secondary N) is 1. The maximum Gasteiger partial charge on any atom is 0.193 e. The second-order valence-corrected chi connectivity index (χ2v) is 6.60. The standard InChI is InChI=1S/C20H33N3O4/c1-5-21-20(23(2)14-16-7-10-26-15-16)22-8-6-9-27-19-12-17(24-3)11-18(13-19)25-4/h11-13,16H,5-10,14-15H2,1-4H3,(H,21,22). The van der Waals surface area contributed by atoms with Crippen LogP contribution in [0.2, 0.25) is 0 Å². The number of aliphatic imine (C=N–C) groups is 1. The van der Waals surface area contributed by atoms with Gasteiger partial charge in [0.05, 0.1) is 27.4 Å². The maximum absolute atomic E-state index is 5.82. The molecule has 1 aliphatic heterocycles. The van der Waals surface area contributed by atoms with Gasteiger partial charge in [-0.25, -0.2) is 0 Å². The molecule has 1 N–H and O–H groups in total. The third-order valence-corrected chi connectivity index (χ3v) is 4.41. The van der Waals surface area contributed by atoms with Crippen molar-refractivity contribution in [1.29, 1.82) is 0 Å². The van der Waals surface area contributed by atoms with Crippen molar-refractivity contribution < 1.29 is 18.9 Å². The SMILES string of the molecule is CCNC(=NCCCOc1cc(OC)cc(OC)c1)N(C)CC1CCOC1. The largest absolute Gasteiger partial charge is 0.496 e. The van der Waals surface area contributed by atoms with Gasteiger partial charge in [-0.15, -0.1) is 0 Å². The van der Waals surface area contributed by atoms with Crippen LogP contribution in [0, 0.1) is 5.92 Å². The molecule has 0 spiro atoms. The van der Waals surface area contributed by atoms with Crippen molar-refractivity contribution in [2.24, 2.45) is 10.9 Å². The fraction of sp³-hybridized carbons (Fsp3) is 0.650. The number of hydrogen-bond acceptors (Lipinski definition) is 5. The first-order valence-corrected chi connectivity index (χ1v) is 9.59. The summed E-state index contributed by atoms with van der Waals surface area (Å²) in [5, 5.41) is 3.36. The van der Waals surface area contributed by atoms with E-state index in [0.717, 1.165) is 50.9 Å². The molecule has 1 saturated heterocycles. The lowest BCUT2D eigenvalue weighted by Gasteiger charge is -2.24. The summed E-state index contributed by atoms with van der Waals surface area (Å²) in [6.07, 6.45) is 1.95. The van der Waals surface area contributed by atoms with Gasteiger partial charge in [0.15, 0.2) is 5.96 Å². The normalized spacial score (nSPS) is 16.9. The van der Waals surface area contributed by atoms with E-state index in [-0.39, 0.29) is 0 Å². The molecule has 1 fully saturated rings. The summed E-state index contributed by atoms with van der Waals surface area (Å²) in [6.45, 7) is 6.91. The molecule has 0 aromatic heterocycles. The third kappa shape index (κ3) is 7.17. The summed E-state index contributed by atoms with van der Waals surface area (Å²) < 4.78 is 21.8. The first-order chi connectivity index (χ1) is 13.2. The van der Waals surface area contributed by atoms with E-state index in [2.05, 4.69) is 24.2 Å². The van der Waals surface area contributed by atoms with Crippen LogP contribution in [0.3, 0.4) is 0 Å². The molecular formula is C20H33N3O4. The molecule has 1 atom stereocenters. The molecule has 152 valence electrons. The first-order valence-electron chi connectivity index (χ1n) is 9.59. The van der Waals surface area contributed by atoms with E-state index in [1.807, 2.05) is 18.2 Å². The predicted octanol–water partition coefficient (Wildman–Crippen LogP) is 2.41. The van der Waals surface area contributed by atoms with E-state index in [1.165, 1.54) is 0 Å². The molecule has 1 aromatic carbocycles. The lowest BCUT2D eigenvalue weighted by atomic mass is 10.1. The molecule has 1 heterocycles. The van der Waals surface area contributed by atoms with Crippen LogP contribution in [0.25, 0.3) is 0 Å². The average molecular weight is 380 g/mol. The van der Waals surface area contributed by atoms with Crippen LogP contribution in [-0.2, 0) is 4.74 Å². The van der Waals surface area contributed by atoms with Gasteiger partial charge < -0.3 is 29.2 Å². The van der Waals surface area contributed by atoms with Crippen molar-refractivity contribution in [1.82, 2.24) is 10.2 Å². The van der Waals surface area contributed by atoms with Gasteiger partial charge >= 0.3 is 0 Å². The van der Waals surface area contributed by atoms with Crippen LogP contribution < -0.4 is 19.5 Å². The number of benzene rings is 1. The Morgan fingerprint density at radius 1 is 1.22 bits per heavy atom. The molecule has 0 aliphatic carbocycles. The lowest BCUT2D eigenvalue weighted by Crippen LogP contribution is -2.41. The van der Waals surface area contributed by atoms with Gasteiger partial charge in [0.25, 0.3) is 0 Å². The highest BCUT2D eigenvalue weighted by atomic mass is 16.5. The van der Waals surface area contributed by atoms with Crippen LogP contribution in [-0.4, -0.2) is 71.6 Å². The zero-order valence-electron chi connectivity index (χ0n) is 17.0. The highest BCUT2D eigenvalue weighted by molar-refractivity contribution is 5.79. The minimum atomic E-state index is 0.583. The number of guanidine groups is 1. The van der Waals surface area contributed by atoms with Crippen LogP contribution in [0.4, 0.5) is 0 Å². The Hall–Kier alpha value is -2.15. The number of rotatable bonds is 10. The van der Waals surface area contributed by atoms with Crippen molar-refractivity contribution in [2.75, 3.05) is 60.7 Å². The van der Waals surface area contributed by atoms with Crippen molar-refractivity contribution in [3.63, 3.8) is 0 Å². The molecule has 1 unspecified atom stereocenters. The van der Waals surface area contributed by atoms with Gasteiger partial charge in [-0.3, -0.25) is 4.99 Å². The van der Waals surface area contributed by atoms with Crippen molar-refractivity contribution in [3.05, 3.63) is 18.2 Å². The van der Waals surface area contributed by atoms with E-state index in [1.54, 1.807) is 14.2 Å². The van der Waals surface area contributed by atoms with E-state index in [4.69, 9.17) is 23.9 Å². The predicted molar refractivity (Wildman–Crippen MR) is 107 cm³/mol. The quantitative estimate of drug-likeness (QED) is 0.383. The van der Waals surface area contributed by atoms with Crippen LogP contribution in [0.5, 0.6) is 17.2 Å². The smallest absolute Gasteiger partial charge is 0.193 e. The Morgan fingerprint density at radius 2 is 1.93 bits per heavy atom. The van der Waals surface area contributed by atoms with Gasteiger partial charge in [-0.05, 0) is 13.3 Å². The number of ether oxygens (including phenoxy) is 4. The molecule has 0 bridgehead atoms. The monoisotopic (exact) mass is 379 g/mol. The maximum atomic E-state index is 5.82. The van der Waals surface area contributed by atoms with Crippen molar-refractivity contribution in [2.45, 2.75) is 19.8 Å². The number of nitrogens with zero attached hydrogens (tertiary/aromatic N) is 2. The van der Waals surface area contributed by atoms with Gasteiger partial charge in [-0.1, -0.05) is 0 Å². The van der Waals surface area contributed by atoms with Gasteiger partial charge in [-0.2, -0.15) is 0 Å². The Labute approximate surface area is 162 Å². The molecule has 7 heteroatoms. The number of hydrogen-bond donors (Lipinski definition) is 1. The summed E-state index contributed by atoms with van der Waals surface area (Å²) in [5.41, 5.74) is 0. The zero-order valence-corrected chi connectivity index (χ0v) is 17.0. The van der Waals surface area contributed by atoms with E-state index >= 15 is 0 Å². The fourth-order valence-electron chi connectivity index (χ4n) is 2.97. The Balaban J connectivity index is 1.79. The van der Waals surface area contributed by atoms with Crippen LogP contribution in [0.1, 0.15) is 19.8 Å². The highest BCUT2D eigenvalue weighted by Gasteiger charge is 2.18. The van der Waals surface area contributed by atoms with Crippen molar-refractivity contribution >= 4 is 5.96 Å². The Bertz CT molecular complexity index is 566. The average Bonchev–Trinajstić information content (AvgIpc) is 3.19. The molecule has 1 aromatic rings. The highest BCUT2D eigenvalue weighted by Crippen LogP contribution is 2.27. The molecule has 0 amide bonds. The molecule has 0 saturated carbocycles. The fourth-order valence-corrected chi connectivity index (χ4v) is 2.97. The van der Waals surface area contributed by atoms with E-state index < -0.39 is 0 Å². The minimum Gasteiger partial charge on any atom is -0.496 e. The van der Waals surface area contributed by atoms with Gasteiger partial charge in [0.1, 0.15) is 17.2 Å². The molecule has 27 heavy (non-hydrogen) atoms. The summed E-state index contributed by atoms with van der Waals surface area (Å²) in [4.78, 5) is 6.91. The summed E-state index contributed by atoms with van der Waals surface area (Å²) >= 11 is 0. The first kappa shape index (κ1) is 21.2. The molecule has 2 rings (SSSR count). The van der Waals surface area contributed by atoms with Gasteiger partial charge in [0.2, 0.25) is 0 Å². The van der Waals surface area contributed by atoms with E-state index in [9.17, 15) is 0 Å². The summed E-state index contributed by atoms with van der Waals surface area (Å²) in [5.74, 6) is 3.70. The van der Waals surface area contributed by atoms with E-state index in [0.29, 0.717) is 30.6 Å². The Kier molecular flexibility index (Phi) is 9.04. The minimum absolute atomic E-state index is 0.583. The molecule has 1 aliphatic rings. The van der Waals surface area contributed by atoms with Crippen LogP contribution >= 0.6 is 0 Å². The van der Waals surface area contributed by atoms with Gasteiger partial charge in [0, 0.05) is 63.8 Å².